The van der Waals surface area contributed by atoms with Crippen LogP contribution in [0.15, 0.2) is 6.20 Å². The molecule has 0 unspecified atom stereocenters. The van der Waals surface area contributed by atoms with Crippen molar-refractivity contribution in [2.24, 2.45) is 5.92 Å². The van der Waals surface area contributed by atoms with E-state index in [4.69, 9.17) is 0 Å². The number of aromatic amines is 1. The summed E-state index contributed by atoms with van der Waals surface area (Å²) in [5, 5.41) is 10.5. The summed E-state index contributed by atoms with van der Waals surface area (Å²) in [6.45, 7) is 6.14. The van der Waals surface area contributed by atoms with Crippen molar-refractivity contribution in [2.75, 3.05) is 19.3 Å². The van der Waals surface area contributed by atoms with Gasteiger partial charge in [-0.1, -0.05) is 13.3 Å². The number of aryl methyl sites for hydroxylation is 1. The molecule has 2 N–H and O–H groups in total. The average Bonchev–Trinajstić information content (AvgIpc) is 2.80. The number of nitrogens with zero attached hydrogens (tertiary/aromatic N) is 2. The lowest BCUT2D eigenvalue weighted by atomic mass is 9.91. The zero-order valence-corrected chi connectivity index (χ0v) is 13.2. The first-order valence-electron chi connectivity index (χ1n) is 7.09. The number of hydrogen-bond acceptors (Lipinski definition) is 4. The summed E-state index contributed by atoms with van der Waals surface area (Å²) in [6.07, 6.45) is 4.98. The van der Waals surface area contributed by atoms with Crippen LogP contribution in [0.4, 0.5) is 0 Å². The largest absolute Gasteiger partial charge is 0.309 e. The minimum Gasteiger partial charge on any atom is -0.309 e. The van der Waals surface area contributed by atoms with Crippen LogP contribution in [0.2, 0.25) is 0 Å². The molecule has 1 aliphatic heterocycles. The summed E-state index contributed by atoms with van der Waals surface area (Å²) in [4.78, 5) is 0. The minimum atomic E-state index is -3.07. The van der Waals surface area contributed by atoms with Gasteiger partial charge in [-0.15, -0.1) is 0 Å². The van der Waals surface area contributed by atoms with E-state index in [1.165, 1.54) is 11.8 Å². The fourth-order valence-corrected chi connectivity index (χ4v) is 3.68. The van der Waals surface area contributed by atoms with Crippen molar-refractivity contribution in [1.82, 2.24) is 19.8 Å². The van der Waals surface area contributed by atoms with Crippen molar-refractivity contribution in [2.45, 2.75) is 39.3 Å². The van der Waals surface area contributed by atoms with Crippen molar-refractivity contribution in [3.63, 3.8) is 0 Å². The van der Waals surface area contributed by atoms with Crippen molar-refractivity contribution in [3.8, 4) is 0 Å². The van der Waals surface area contributed by atoms with E-state index >= 15 is 0 Å². The Morgan fingerprint density at radius 2 is 2.30 bits per heavy atom. The molecule has 0 spiro atoms. The summed E-state index contributed by atoms with van der Waals surface area (Å²) < 4.78 is 24.9. The molecule has 0 amide bonds. The summed E-state index contributed by atoms with van der Waals surface area (Å²) in [5.74, 6) is 0.366. The summed E-state index contributed by atoms with van der Waals surface area (Å²) >= 11 is 0. The van der Waals surface area contributed by atoms with E-state index in [0.717, 1.165) is 25.1 Å². The molecular formula is C13H24N4O2S. The molecule has 7 heteroatoms. The van der Waals surface area contributed by atoms with Gasteiger partial charge in [0.05, 0.1) is 12.5 Å². The number of rotatable bonds is 5. The van der Waals surface area contributed by atoms with Crippen molar-refractivity contribution in [1.29, 1.82) is 0 Å². The first-order chi connectivity index (χ1) is 9.41. The maximum absolute atomic E-state index is 11.6. The lowest BCUT2D eigenvalue weighted by Gasteiger charge is -2.37. The van der Waals surface area contributed by atoms with Crippen LogP contribution in [0, 0.1) is 12.8 Å². The van der Waals surface area contributed by atoms with Crippen LogP contribution in [0.25, 0.3) is 0 Å². The number of piperidine rings is 1. The predicted octanol–water partition coefficient (Wildman–Crippen LogP) is 0.868. The summed E-state index contributed by atoms with van der Waals surface area (Å²) in [6, 6.07) is 0.368. The molecule has 1 aromatic rings. The molecule has 0 aromatic carbocycles. The Morgan fingerprint density at radius 3 is 2.85 bits per heavy atom. The number of hydrogen-bond donors (Lipinski definition) is 2. The van der Waals surface area contributed by atoms with Gasteiger partial charge in [-0.05, 0) is 19.3 Å². The Morgan fingerprint density at radius 1 is 1.55 bits per heavy atom. The van der Waals surface area contributed by atoms with Gasteiger partial charge in [0, 0.05) is 36.9 Å². The SMILES string of the molecule is CC[C@H]1CN(S(C)(=O)=O)CC[C@@H]1NCc1cn[nH]c1C. The van der Waals surface area contributed by atoms with Gasteiger partial charge in [-0.3, -0.25) is 5.10 Å². The Bertz CT molecular complexity index is 540. The van der Waals surface area contributed by atoms with Gasteiger partial charge >= 0.3 is 0 Å². The fourth-order valence-electron chi connectivity index (χ4n) is 2.78. The van der Waals surface area contributed by atoms with E-state index in [-0.39, 0.29) is 0 Å². The Labute approximate surface area is 121 Å². The molecule has 114 valence electrons. The molecular weight excluding hydrogens is 276 g/mol. The van der Waals surface area contributed by atoms with Crippen LogP contribution >= 0.6 is 0 Å². The van der Waals surface area contributed by atoms with E-state index in [2.05, 4.69) is 22.4 Å². The van der Waals surface area contributed by atoms with Crippen LogP contribution in [0.5, 0.6) is 0 Å². The van der Waals surface area contributed by atoms with E-state index in [9.17, 15) is 8.42 Å². The van der Waals surface area contributed by atoms with E-state index in [1.54, 1.807) is 4.31 Å². The van der Waals surface area contributed by atoms with E-state index in [0.29, 0.717) is 25.0 Å². The number of H-pyrrole nitrogens is 1. The fraction of sp³-hybridized carbons (Fsp3) is 0.769. The van der Waals surface area contributed by atoms with E-state index < -0.39 is 10.0 Å². The molecule has 20 heavy (non-hydrogen) atoms. The third kappa shape index (κ3) is 3.59. The monoisotopic (exact) mass is 300 g/mol. The summed E-state index contributed by atoms with van der Waals surface area (Å²) in [7, 11) is -3.07. The van der Waals surface area contributed by atoms with Gasteiger partial charge in [0.1, 0.15) is 0 Å². The Hall–Kier alpha value is -0.920. The highest BCUT2D eigenvalue weighted by molar-refractivity contribution is 7.88. The third-order valence-electron chi connectivity index (χ3n) is 4.18. The first kappa shape index (κ1) is 15.5. The molecule has 1 aromatic heterocycles. The van der Waals surface area contributed by atoms with Crippen LogP contribution in [0.3, 0.4) is 0 Å². The highest BCUT2D eigenvalue weighted by atomic mass is 32.2. The minimum absolute atomic E-state index is 0.366. The van der Waals surface area contributed by atoms with Crippen molar-refractivity contribution >= 4 is 10.0 Å². The molecule has 2 heterocycles. The van der Waals surface area contributed by atoms with Crippen molar-refractivity contribution < 1.29 is 8.42 Å². The van der Waals surface area contributed by atoms with Crippen LogP contribution in [-0.4, -0.2) is 48.3 Å². The predicted molar refractivity (Wildman–Crippen MR) is 78.8 cm³/mol. The molecule has 0 bridgehead atoms. The smallest absolute Gasteiger partial charge is 0.211 e. The molecule has 2 rings (SSSR count). The van der Waals surface area contributed by atoms with Crippen LogP contribution < -0.4 is 5.32 Å². The second-order valence-corrected chi connectivity index (χ2v) is 7.57. The molecule has 2 atom stereocenters. The Balaban J connectivity index is 1.94. The normalized spacial score (nSPS) is 24.9. The number of sulfonamides is 1. The quantitative estimate of drug-likeness (QED) is 0.846. The molecule has 0 aliphatic carbocycles. The second kappa shape index (κ2) is 6.24. The zero-order valence-electron chi connectivity index (χ0n) is 12.4. The van der Waals surface area contributed by atoms with Crippen molar-refractivity contribution in [3.05, 3.63) is 17.5 Å². The van der Waals surface area contributed by atoms with Gasteiger partial charge in [-0.2, -0.15) is 5.10 Å². The molecule has 1 fully saturated rings. The lowest BCUT2D eigenvalue weighted by molar-refractivity contribution is 0.201. The standard InChI is InChI=1S/C13H24N4O2S/c1-4-11-9-17(20(3,18)19)6-5-13(11)14-7-12-8-15-16-10(12)2/h8,11,13-14H,4-7,9H2,1-3H3,(H,15,16)/t11-,13-/m0/s1. The van der Waals surface area contributed by atoms with Gasteiger partial charge in [0.25, 0.3) is 0 Å². The summed E-state index contributed by atoms with van der Waals surface area (Å²) in [5.41, 5.74) is 2.25. The first-order valence-corrected chi connectivity index (χ1v) is 8.94. The van der Waals surface area contributed by atoms with Crippen LogP contribution in [0.1, 0.15) is 31.0 Å². The molecule has 6 nitrogen and oxygen atoms in total. The van der Waals surface area contributed by atoms with Gasteiger partial charge in [0.2, 0.25) is 10.0 Å². The molecule has 1 aliphatic rings. The topological polar surface area (TPSA) is 78.1 Å². The zero-order chi connectivity index (χ0) is 14.8. The third-order valence-corrected chi connectivity index (χ3v) is 5.45. The highest BCUT2D eigenvalue weighted by Gasteiger charge is 2.31. The maximum Gasteiger partial charge on any atom is 0.211 e. The highest BCUT2D eigenvalue weighted by Crippen LogP contribution is 2.22. The second-order valence-electron chi connectivity index (χ2n) is 5.59. The Kier molecular flexibility index (Phi) is 4.82. The van der Waals surface area contributed by atoms with Gasteiger partial charge in [-0.25, -0.2) is 12.7 Å². The maximum atomic E-state index is 11.6. The van der Waals surface area contributed by atoms with Gasteiger partial charge < -0.3 is 5.32 Å². The average molecular weight is 300 g/mol. The van der Waals surface area contributed by atoms with Gasteiger partial charge in [0.15, 0.2) is 0 Å². The molecule has 1 saturated heterocycles. The molecule has 0 radical (unpaired) electrons. The lowest BCUT2D eigenvalue weighted by Crippen LogP contribution is -2.50. The van der Waals surface area contributed by atoms with Crippen LogP contribution in [-0.2, 0) is 16.6 Å². The number of aromatic nitrogens is 2. The molecule has 0 saturated carbocycles. The number of nitrogens with one attached hydrogen (secondary N) is 2. The van der Waals surface area contributed by atoms with E-state index in [1.807, 2.05) is 13.1 Å².